The fourth-order valence-electron chi connectivity index (χ4n) is 1.59. The number of benzene rings is 1. The third kappa shape index (κ3) is 4.01. The molecule has 0 aliphatic heterocycles. The van der Waals surface area contributed by atoms with E-state index in [-0.39, 0.29) is 5.82 Å². The van der Waals surface area contributed by atoms with Gasteiger partial charge in [-0.3, -0.25) is 4.98 Å². The summed E-state index contributed by atoms with van der Waals surface area (Å²) < 4.78 is 19.2. The van der Waals surface area contributed by atoms with Crippen molar-refractivity contribution in [2.24, 2.45) is 5.73 Å². The van der Waals surface area contributed by atoms with Gasteiger partial charge in [-0.05, 0) is 30.8 Å². The molecule has 5 heteroatoms. The molecule has 0 saturated heterocycles. The minimum atomic E-state index is -0.275. The lowest BCUT2D eigenvalue weighted by Gasteiger charge is -2.08. The molecule has 0 spiro atoms. The zero-order valence-electron chi connectivity index (χ0n) is 10.3. The summed E-state index contributed by atoms with van der Waals surface area (Å²) in [4.78, 5) is 4.24. The van der Waals surface area contributed by atoms with Crippen molar-refractivity contribution >= 4 is 15.9 Å². The van der Waals surface area contributed by atoms with Gasteiger partial charge in [0.05, 0.1) is 6.20 Å². The van der Waals surface area contributed by atoms with Gasteiger partial charge in [0.15, 0.2) is 0 Å². The van der Waals surface area contributed by atoms with Crippen molar-refractivity contribution < 1.29 is 9.13 Å². The first kappa shape index (κ1) is 14.0. The summed E-state index contributed by atoms with van der Waals surface area (Å²) >= 11 is 3.30. The Labute approximate surface area is 119 Å². The average Bonchev–Trinajstić information content (AvgIpc) is 2.40. The summed E-state index contributed by atoms with van der Waals surface area (Å²) in [5, 5.41) is 0. The molecule has 2 N–H and O–H groups in total. The van der Waals surface area contributed by atoms with Crippen LogP contribution in [0.4, 0.5) is 4.39 Å². The Kier molecular flexibility index (Phi) is 4.87. The fraction of sp³-hybridized carbons (Fsp3) is 0.214. The van der Waals surface area contributed by atoms with Crippen molar-refractivity contribution in [3.8, 4) is 5.75 Å². The number of nitrogens with two attached hydrogens (primary N) is 1. The smallest absolute Gasteiger partial charge is 0.138 e. The fourth-order valence-corrected chi connectivity index (χ4v) is 2.06. The highest BCUT2D eigenvalue weighted by Gasteiger charge is 2.03. The molecule has 0 unspecified atom stereocenters. The van der Waals surface area contributed by atoms with E-state index in [2.05, 4.69) is 20.9 Å². The molecule has 0 saturated carbocycles. The maximum absolute atomic E-state index is 12.9. The number of pyridine rings is 1. The topological polar surface area (TPSA) is 48.1 Å². The van der Waals surface area contributed by atoms with Crippen LogP contribution < -0.4 is 10.5 Å². The molecule has 2 aromatic rings. The average molecular weight is 325 g/mol. The van der Waals surface area contributed by atoms with Gasteiger partial charge in [0, 0.05) is 22.2 Å². The molecule has 3 nitrogen and oxygen atoms in total. The van der Waals surface area contributed by atoms with E-state index < -0.39 is 0 Å². The minimum Gasteiger partial charge on any atom is -0.487 e. The van der Waals surface area contributed by atoms with Gasteiger partial charge in [-0.2, -0.15) is 0 Å². The predicted molar refractivity (Wildman–Crippen MR) is 75.4 cm³/mol. The molecular formula is C14H14BrFN2O. The first-order chi connectivity index (χ1) is 9.19. The molecule has 1 aromatic carbocycles. The molecule has 1 aromatic heterocycles. The van der Waals surface area contributed by atoms with Crippen molar-refractivity contribution in [2.75, 3.05) is 6.54 Å². The van der Waals surface area contributed by atoms with E-state index in [9.17, 15) is 4.39 Å². The molecule has 0 bridgehead atoms. The van der Waals surface area contributed by atoms with E-state index in [1.165, 1.54) is 12.1 Å². The van der Waals surface area contributed by atoms with Crippen molar-refractivity contribution in [3.63, 3.8) is 0 Å². The molecule has 0 amide bonds. The highest BCUT2D eigenvalue weighted by Crippen LogP contribution is 2.20. The summed E-state index contributed by atoms with van der Waals surface area (Å²) in [5.41, 5.74) is 7.28. The Balaban J connectivity index is 1.98. The van der Waals surface area contributed by atoms with E-state index in [0.717, 1.165) is 17.7 Å². The third-order valence-electron chi connectivity index (χ3n) is 2.61. The number of hydrogen-bond donors (Lipinski definition) is 1. The quantitative estimate of drug-likeness (QED) is 0.919. The summed E-state index contributed by atoms with van der Waals surface area (Å²) in [6, 6.07) is 8.26. The van der Waals surface area contributed by atoms with Crippen LogP contribution in [0.25, 0.3) is 0 Å². The highest BCUT2D eigenvalue weighted by atomic mass is 79.9. The summed E-state index contributed by atoms with van der Waals surface area (Å²) in [5.74, 6) is 0.403. The zero-order chi connectivity index (χ0) is 13.7. The van der Waals surface area contributed by atoms with Crippen LogP contribution in [0.15, 0.2) is 41.0 Å². The first-order valence-corrected chi connectivity index (χ1v) is 6.70. The largest absolute Gasteiger partial charge is 0.487 e. The Bertz CT molecular complexity index is 546. The summed E-state index contributed by atoms with van der Waals surface area (Å²) in [6.45, 7) is 0.939. The second kappa shape index (κ2) is 6.63. The van der Waals surface area contributed by atoms with Gasteiger partial charge in [-0.1, -0.05) is 22.0 Å². The van der Waals surface area contributed by atoms with Gasteiger partial charge in [-0.25, -0.2) is 4.39 Å². The lowest BCUT2D eigenvalue weighted by atomic mass is 10.2. The van der Waals surface area contributed by atoms with E-state index in [1.807, 2.05) is 12.1 Å². The number of hydrogen-bond acceptors (Lipinski definition) is 3. The second-order valence-electron chi connectivity index (χ2n) is 4.05. The molecule has 0 aliphatic rings. The van der Waals surface area contributed by atoms with E-state index in [4.69, 9.17) is 10.5 Å². The van der Waals surface area contributed by atoms with E-state index in [1.54, 1.807) is 12.3 Å². The van der Waals surface area contributed by atoms with Crippen LogP contribution in [0.1, 0.15) is 11.3 Å². The van der Waals surface area contributed by atoms with Gasteiger partial charge in [-0.15, -0.1) is 0 Å². The lowest BCUT2D eigenvalue weighted by Crippen LogP contribution is -2.04. The summed E-state index contributed by atoms with van der Waals surface area (Å²) in [6.07, 6.45) is 2.42. The monoisotopic (exact) mass is 324 g/mol. The molecule has 1 heterocycles. The van der Waals surface area contributed by atoms with Gasteiger partial charge in [0.1, 0.15) is 18.2 Å². The van der Waals surface area contributed by atoms with Gasteiger partial charge >= 0.3 is 0 Å². The van der Waals surface area contributed by atoms with Gasteiger partial charge < -0.3 is 10.5 Å². The van der Waals surface area contributed by atoms with Crippen LogP contribution in [0.2, 0.25) is 0 Å². The van der Waals surface area contributed by atoms with Gasteiger partial charge in [0.2, 0.25) is 0 Å². The predicted octanol–water partition coefficient (Wildman–Crippen LogP) is 3.06. The Hall–Kier alpha value is -1.46. The standard InChI is InChI=1S/C14H14BrFN2O/c15-14-7-11(16)2-1-10(14)9-19-13-4-3-12(5-6-17)18-8-13/h1-4,7-8H,5-6,9,17H2. The molecule has 0 fully saturated rings. The van der Waals surface area contributed by atoms with Crippen LogP contribution in [0, 0.1) is 5.82 Å². The highest BCUT2D eigenvalue weighted by molar-refractivity contribution is 9.10. The Morgan fingerprint density at radius 1 is 1.26 bits per heavy atom. The molecule has 2 rings (SSSR count). The van der Waals surface area contributed by atoms with Crippen LogP contribution in [-0.4, -0.2) is 11.5 Å². The number of aromatic nitrogens is 1. The van der Waals surface area contributed by atoms with Crippen molar-refractivity contribution in [1.29, 1.82) is 0 Å². The van der Waals surface area contributed by atoms with Crippen LogP contribution in [-0.2, 0) is 13.0 Å². The normalized spacial score (nSPS) is 10.5. The number of halogens is 2. The van der Waals surface area contributed by atoms with Crippen molar-refractivity contribution in [1.82, 2.24) is 4.98 Å². The SMILES string of the molecule is NCCc1ccc(OCc2ccc(F)cc2Br)cn1. The molecule has 0 radical (unpaired) electrons. The van der Waals surface area contributed by atoms with E-state index in [0.29, 0.717) is 23.4 Å². The zero-order valence-corrected chi connectivity index (χ0v) is 11.9. The van der Waals surface area contributed by atoms with Crippen molar-refractivity contribution in [3.05, 3.63) is 58.1 Å². The maximum atomic E-state index is 12.9. The Morgan fingerprint density at radius 2 is 2.11 bits per heavy atom. The summed E-state index contributed by atoms with van der Waals surface area (Å²) in [7, 11) is 0. The van der Waals surface area contributed by atoms with Crippen LogP contribution in [0.5, 0.6) is 5.75 Å². The second-order valence-corrected chi connectivity index (χ2v) is 4.90. The lowest BCUT2D eigenvalue weighted by molar-refractivity contribution is 0.304. The molecular weight excluding hydrogens is 311 g/mol. The molecule has 0 atom stereocenters. The molecule has 19 heavy (non-hydrogen) atoms. The minimum absolute atomic E-state index is 0.275. The first-order valence-electron chi connectivity index (χ1n) is 5.91. The molecule has 0 aliphatic carbocycles. The van der Waals surface area contributed by atoms with Gasteiger partial charge in [0.25, 0.3) is 0 Å². The number of rotatable bonds is 5. The van der Waals surface area contributed by atoms with Crippen LogP contribution >= 0.6 is 15.9 Å². The third-order valence-corrected chi connectivity index (χ3v) is 3.35. The van der Waals surface area contributed by atoms with Crippen molar-refractivity contribution in [2.45, 2.75) is 13.0 Å². The maximum Gasteiger partial charge on any atom is 0.138 e. The number of nitrogens with zero attached hydrogens (tertiary/aromatic N) is 1. The Morgan fingerprint density at radius 3 is 2.74 bits per heavy atom. The van der Waals surface area contributed by atoms with E-state index >= 15 is 0 Å². The molecule has 100 valence electrons. The number of ether oxygens (including phenoxy) is 1. The van der Waals surface area contributed by atoms with Crippen LogP contribution in [0.3, 0.4) is 0 Å².